The molecule has 4 aromatic rings. The smallest absolute Gasteiger partial charge is 0.417 e. The van der Waals surface area contributed by atoms with Crippen LogP contribution in [-0.2, 0) is 41.7 Å². The van der Waals surface area contributed by atoms with Crippen LogP contribution in [0.3, 0.4) is 0 Å². The predicted molar refractivity (Wildman–Crippen MR) is 255 cm³/mol. The number of aromatic nitrogens is 1. The van der Waals surface area contributed by atoms with Crippen molar-refractivity contribution in [2.45, 2.75) is 57.3 Å². The highest BCUT2D eigenvalue weighted by Gasteiger charge is 2.39. The van der Waals surface area contributed by atoms with Gasteiger partial charge in [-0.1, -0.05) is 31.2 Å². The van der Waals surface area contributed by atoms with Gasteiger partial charge in [-0.3, -0.25) is 14.9 Å². The first kappa shape index (κ1) is 55.8. The molecule has 0 saturated carbocycles. The number of hydrogen-bond acceptors (Lipinski definition) is 14. The molecule has 71 heavy (non-hydrogen) atoms. The van der Waals surface area contributed by atoms with Crippen LogP contribution < -0.4 is 19.7 Å². The number of para-hydroxylation sites is 2. The zero-order chi connectivity index (χ0) is 51.4. The van der Waals surface area contributed by atoms with Gasteiger partial charge < -0.3 is 48.6 Å². The van der Waals surface area contributed by atoms with E-state index in [1.165, 1.54) is 29.2 Å². The molecule has 19 nitrogen and oxygen atoms in total. The number of pyridine rings is 1. The second kappa shape index (κ2) is 27.5. The molecular weight excluding hydrogens is 958 g/mol. The average Bonchev–Trinajstić information content (AvgIpc) is 3.35. The van der Waals surface area contributed by atoms with Gasteiger partial charge >= 0.3 is 12.3 Å². The van der Waals surface area contributed by atoms with Crippen LogP contribution in [0.1, 0.15) is 55.2 Å². The summed E-state index contributed by atoms with van der Waals surface area (Å²) >= 11 is 0. The summed E-state index contributed by atoms with van der Waals surface area (Å²) in [4.78, 5) is 43.7. The molecule has 3 aromatic carbocycles. The van der Waals surface area contributed by atoms with Crippen molar-refractivity contribution in [1.82, 2.24) is 19.5 Å². The molecule has 1 aromatic heterocycles. The first-order chi connectivity index (χ1) is 34.1. The highest BCUT2D eigenvalue weighted by molar-refractivity contribution is 7.89. The van der Waals surface area contributed by atoms with Crippen molar-refractivity contribution in [2.75, 3.05) is 104 Å². The van der Waals surface area contributed by atoms with Gasteiger partial charge in [0.2, 0.25) is 10.0 Å². The number of benzene rings is 3. The normalized spacial score (nSPS) is 14.2. The van der Waals surface area contributed by atoms with E-state index in [1.807, 2.05) is 24.8 Å². The van der Waals surface area contributed by atoms with Gasteiger partial charge in [0, 0.05) is 57.0 Å². The highest BCUT2D eigenvalue weighted by Crippen LogP contribution is 2.38. The standard InChI is InChI=1S/C48H61F3N6O13S/c1-4-35-33-54(46(58)37-17-16-36(69-5-2)32-39(37)48(49,50)51)22-23-56(35)42-19-18-40(38-12-7-9-14-44(38)70-6-3)53-41(42)34-55(71(63,64)45-15-10-8-13-43(45)57(61)62)21-11-24-65-26-28-67-30-31-68-29-27-66-25-20-52-47(59)60/h7-10,12-19,32,35,52H,4-6,11,20-31,33-34H2,1-3H3,(H,59,60)/t35-/m1/s1. The highest BCUT2D eigenvalue weighted by atomic mass is 32.2. The first-order valence-corrected chi connectivity index (χ1v) is 24.7. The number of rotatable bonds is 29. The lowest BCUT2D eigenvalue weighted by molar-refractivity contribution is -0.387. The molecule has 1 aliphatic rings. The Morgan fingerprint density at radius 2 is 1.51 bits per heavy atom. The Labute approximate surface area is 410 Å². The van der Waals surface area contributed by atoms with Gasteiger partial charge in [0.1, 0.15) is 11.5 Å². The fourth-order valence-electron chi connectivity index (χ4n) is 7.81. The number of carbonyl (C=O) groups excluding carboxylic acids is 1. The molecule has 5 rings (SSSR count). The Morgan fingerprint density at radius 3 is 2.15 bits per heavy atom. The second-order valence-corrected chi connectivity index (χ2v) is 17.7. The number of amides is 2. The lowest BCUT2D eigenvalue weighted by atomic mass is 10.0. The summed E-state index contributed by atoms with van der Waals surface area (Å²) in [6.45, 7) is 7.49. The Kier molecular flexibility index (Phi) is 21.6. The van der Waals surface area contributed by atoms with E-state index in [4.69, 9.17) is 38.5 Å². The van der Waals surface area contributed by atoms with Gasteiger partial charge in [-0.25, -0.2) is 18.2 Å². The van der Waals surface area contributed by atoms with Crippen molar-refractivity contribution in [1.29, 1.82) is 0 Å². The van der Waals surface area contributed by atoms with E-state index in [9.17, 15) is 41.3 Å². The fourth-order valence-corrected chi connectivity index (χ4v) is 9.41. The minimum absolute atomic E-state index is 0.0133. The van der Waals surface area contributed by atoms with Gasteiger partial charge in [-0.05, 0) is 75.2 Å². The van der Waals surface area contributed by atoms with Crippen LogP contribution in [0.15, 0.2) is 83.8 Å². The molecule has 2 amide bonds. The quantitative estimate of drug-likeness (QED) is 0.0314. The van der Waals surface area contributed by atoms with Crippen LogP contribution in [0.5, 0.6) is 11.5 Å². The third-order valence-electron chi connectivity index (χ3n) is 11.1. The number of hydrogen-bond donors (Lipinski definition) is 2. The van der Waals surface area contributed by atoms with Gasteiger partial charge in [0.25, 0.3) is 11.6 Å². The third kappa shape index (κ3) is 15.9. The zero-order valence-corrected chi connectivity index (χ0v) is 40.8. The number of nitro benzene ring substituents is 1. The molecule has 0 unspecified atom stereocenters. The molecule has 1 aliphatic heterocycles. The first-order valence-electron chi connectivity index (χ1n) is 23.2. The molecular formula is C48H61F3N6O13S. The van der Waals surface area contributed by atoms with E-state index in [0.717, 1.165) is 22.5 Å². The SMILES string of the molecule is CCOc1ccc(C(=O)N2CCN(c3ccc(-c4ccccc4OCC)nc3CN(CCCOCCOCCOCCOCCNC(=O)O)S(=O)(=O)c3ccccc3[N+](=O)[O-])[C@H](CC)C2)c(C(F)(F)F)c1. The van der Waals surface area contributed by atoms with E-state index in [-0.39, 0.29) is 117 Å². The van der Waals surface area contributed by atoms with Gasteiger partial charge in [0.15, 0.2) is 4.90 Å². The summed E-state index contributed by atoms with van der Waals surface area (Å²) < 4.78 is 107. The van der Waals surface area contributed by atoms with Crippen molar-refractivity contribution in [3.63, 3.8) is 0 Å². The summed E-state index contributed by atoms with van der Waals surface area (Å²) in [6, 6.07) is 18.6. The molecule has 0 radical (unpaired) electrons. The summed E-state index contributed by atoms with van der Waals surface area (Å²) in [5.41, 5.74) is -0.392. The maximum Gasteiger partial charge on any atom is 0.417 e. The molecule has 2 heterocycles. The van der Waals surface area contributed by atoms with E-state index in [2.05, 4.69) is 5.32 Å². The third-order valence-corrected chi connectivity index (χ3v) is 13.0. The number of anilines is 1. The summed E-state index contributed by atoms with van der Waals surface area (Å²) in [7, 11) is -4.61. The van der Waals surface area contributed by atoms with Gasteiger partial charge in [0.05, 0.1) is 99.1 Å². The van der Waals surface area contributed by atoms with Crippen LogP contribution in [0, 0.1) is 10.1 Å². The predicted octanol–water partition coefficient (Wildman–Crippen LogP) is 7.13. The molecule has 23 heteroatoms. The average molecular weight is 1020 g/mol. The van der Waals surface area contributed by atoms with Crippen molar-refractivity contribution in [3.05, 3.63) is 106 Å². The Hall–Kier alpha value is -6.11. The largest absolute Gasteiger partial charge is 0.494 e. The van der Waals surface area contributed by atoms with E-state index < -0.39 is 60.9 Å². The minimum Gasteiger partial charge on any atom is -0.494 e. The van der Waals surface area contributed by atoms with E-state index >= 15 is 0 Å². The Balaban J connectivity index is 1.38. The number of alkyl halides is 3. The maximum atomic E-state index is 14.7. The van der Waals surface area contributed by atoms with Crippen LogP contribution >= 0.6 is 0 Å². The monoisotopic (exact) mass is 1020 g/mol. The number of nitro groups is 1. The van der Waals surface area contributed by atoms with Crippen molar-refractivity contribution < 1.29 is 69.6 Å². The molecule has 2 N–H and O–H groups in total. The van der Waals surface area contributed by atoms with Gasteiger partial charge in [-0.2, -0.15) is 17.5 Å². The fraction of sp³-hybridized carbons (Fsp3) is 0.479. The number of nitrogens with zero attached hydrogens (tertiary/aromatic N) is 5. The summed E-state index contributed by atoms with van der Waals surface area (Å²) in [6.07, 6.45) is -5.36. The number of piperazine rings is 1. The topological polar surface area (TPSA) is 222 Å². The Morgan fingerprint density at radius 1 is 0.859 bits per heavy atom. The molecule has 1 saturated heterocycles. The lowest BCUT2D eigenvalue weighted by Crippen LogP contribution is -2.55. The lowest BCUT2D eigenvalue weighted by Gasteiger charge is -2.43. The maximum absolute atomic E-state index is 14.7. The zero-order valence-electron chi connectivity index (χ0n) is 39.9. The van der Waals surface area contributed by atoms with Crippen molar-refractivity contribution in [2.24, 2.45) is 0 Å². The van der Waals surface area contributed by atoms with Crippen LogP contribution in [0.2, 0.25) is 0 Å². The summed E-state index contributed by atoms with van der Waals surface area (Å²) in [5.74, 6) is -0.284. The molecule has 0 spiro atoms. The molecule has 388 valence electrons. The number of sulfonamides is 1. The molecule has 1 atom stereocenters. The number of ether oxygens (including phenoxy) is 6. The second-order valence-electron chi connectivity index (χ2n) is 15.8. The van der Waals surface area contributed by atoms with Crippen molar-refractivity contribution in [3.8, 4) is 22.8 Å². The van der Waals surface area contributed by atoms with Crippen LogP contribution in [0.4, 0.5) is 29.3 Å². The van der Waals surface area contributed by atoms with Crippen LogP contribution in [0.25, 0.3) is 11.3 Å². The minimum atomic E-state index is -4.83. The number of carboxylic acid groups (broad SMARTS) is 1. The Bertz CT molecular complexity index is 2490. The summed E-state index contributed by atoms with van der Waals surface area (Å²) in [5, 5.41) is 23.0. The van der Waals surface area contributed by atoms with Crippen molar-refractivity contribution >= 4 is 33.4 Å². The molecule has 0 bridgehead atoms. The number of halogens is 3. The van der Waals surface area contributed by atoms with E-state index in [0.29, 0.717) is 35.7 Å². The van der Waals surface area contributed by atoms with E-state index in [1.54, 1.807) is 37.3 Å². The number of carbonyl (C=O) groups is 2. The molecule has 1 fully saturated rings. The van der Waals surface area contributed by atoms with Crippen LogP contribution in [-0.4, -0.2) is 149 Å². The molecule has 0 aliphatic carbocycles. The van der Waals surface area contributed by atoms with Gasteiger partial charge in [-0.15, -0.1) is 0 Å². The number of nitrogens with one attached hydrogen (secondary N) is 1.